The molecule has 0 aliphatic carbocycles. The van der Waals surface area contributed by atoms with E-state index in [1.807, 2.05) is 36.9 Å². The SMILES string of the molecule is Nc1nccc(-c2c(-c3ccc(F)cc3)ncn2C2CCN(Cc3ccncc3)C2)n1. The second-order valence-corrected chi connectivity index (χ2v) is 7.69. The Kier molecular flexibility index (Phi) is 5.13. The van der Waals surface area contributed by atoms with Gasteiger partial charge in [0.1, 0.15) is 5.82 Å². The molecule has 8 heteroatoms. The molecule has 4 heterocycles. The van der Waals surface area contributed by atoms with Crippen molar-refractivity contribution in [1.29, 1.82) is 0 Å². The lowest BCUT2D eigenvalue weighted by molar-refractivity contribution is 0.316. The average Bonchev–Trinajstić information content (AvgIpc) is 3.42. The van der Waals surface area contributed by atoms with Crippen LogP contribution < -0.4 is 5.73 Å². The maximum atomic E-state index is 13.5. The number of anilines is 1. The van der Waals surface area contributed by atoms with Crippen molar-refractivity contribution in [3.8, 4) is 22.6 Å². The molecule has 0 radical (unpaired) electrons. The zero-order valence-corrected chi connectivity index (χ0v) is 16.9. The molecule has 7 nitrogen and oxygen atoms in total. The van der Waals surface area contributed by atoms with Crippen LogP contribution in [0.2, 0.25) is 0 Å². The van der Waals surface area contributed by atoms with E-state index in [1.54, 1.807) is 18.3 Å². The van der Waals surface area contributed by atoms with Crippen molar-refractivity contribution in [2.45, 2.75) is 19.0 Å². The number of likely N-dealkylation sites (tertiary alicyclic amines) is 1. The third-order valence-corrected chi connectivity index (χ3v) is 5.62. The van der Waals surface area contributed by atoms with Crippen molar-refractivity contribution in [3.05, 3.63) is 78.8 Å². The first kappa shape index (κ1) is 19.3. The van der Waals surface area contributed by atoms with E-state index in [-0.39, 0.29) is 17.8 Å². The van der Waals surface area contributed by atoms with E-state index in [0.717, 1.165) is 43.0 Å². The molecule has 1 aromatic carbocycles. The predicted octanol–water partition coefficient (Wildman–Crippen LogP) is 3.57. The third kappa shape index (κ3) is 4.02. The summed E-state index contributed by atoms with van der Waals surface area (Å²) in [5.41, 5.74) is 10.3. The summed E-state index contributed by atoms with van der Waals surface area (Å²) in [5.74, 6) is -0.0698. The van der Waals surface area contributed by atoms with Crippen LogP contribution >= 0.6 is 0 Å². The molecule has 0 spiro atoms. The summed E-state index contributed by atoms with van der Waals surface area (Å²) in [4.78, 5) is 19.7. The highest BCUT2D eigenvalue weighted by Gasteiger charge is 2.28. The van der Waals surface area contributed by atoms with Crippen LogP contribution in [0.3, 0.4) is 0 Å². The Bertz CT molecular complexity index is 1170. The van der Waals surface area contributed by atoms with Crippen LogP contribution in [0.4, 0.5) is 10.3 Å². The first-order chi connectivity index (χ1) is 15.2. The third-order valence-electron chi connectivity index (χ3n) is 5.62. The predicted molar refractivity (Wildman–Crippen MR) is 116 cm³/mol. The summed E-state index contributed by atoms with van der Waals surface area (Å²) in [5, 5.41) is 0. The second-order valence-electron chi connectivity index (χ2n) is 7.69. The zero-order chi connectivity index (χ0) is 21.2. The monoisotopic (exact) mass is 415 g/mol. The van der Waals surface area contributed by atoms with Gasteiger partial charge in [0.05, 0.1) is 23.4 Å². The van der Waals surface area contributed by atoms with E-state index >= 15 is 0 Å². The number of benzene rings is 1. The second kappa shape index (κ2) is 8.23. The van der Waals surface area contributed by atoms with Crippen LogP contribution in [-0.2, 0) is 6.54 Å². The molecule has 0 bridgehead atoms. The van der Waals surface area contributed by atoms with Gasteiger partial charge in [0.15, 0.2) is 0 Å². The summed E-state index contributed by atoms with van der Waals surface area (Å²) < 4.78 is 15.7. The number of nitrogen functional groups attached to an aromatic ring is 1. The molecule has 1 saturated heterocycles. The van der Waals surface area contributed by atoms with Gasteiger partial charge in [-0.3, -0.25) is 9.88 Å². The number of rotatable bonds is 5. The molecule has 31 heavy (non-hydrogen) atoms. The smallest absolute Gasteiger partial charge is 0.220 e. The Labute approximate surface area is 179 Å². The summed E-state index contributed by atoms with van der Waals surface area (Å²) in [6.45, 7) is 2.77. The molecule has 2 N–H and O–H groups in total. The minimum absolute atomic E-state index is 0.209. The van der Waals surface area contributed by atoms with Crippen molar-refractivity contribution >= 4 is 5.95 Å². The Morgan fingerprint density at radius 1 is 1.00 bits per heavy atom. The number of hydrogen-bond acceptors (Lipinski definition) is 6. The van der Waals surface area contributed by atoms with Gasteiger partial charge in [0.25, 0.3) is 0 Å². The molecule has 1 unspecified atom stereocenters. The van der Waals surface area contributed by atoms with Gasteiger partial charge in [-0.2, -0.15) is 0 Å². The van der Waals surface area contributed by atoms with Gasteiger partial charge in [-0.25, -0.2) is 19.3 Å². The van der Waals surface area contributed by atoms with Crippen LogP contribution in [0, 0.1) is 5.82 Å². The minimum atomic E-state index is -0.279. The molecule has 4 aromatic rings. The molecule has 1 atom stereocenters. The molecular formula is C23H22FN7. The summed E-state index contributed by atoms with van der Waals surface area (Å²) in [7, 11) is 0. The van der Waals surface area contributed by atoms with Gasteiger partial charge >= 0.3 is 0 Å². The van der Waals surface area contributed by atoms with Crippen molar-refractivity contribution in [2.24, 2.45) is 0 Å². The molecular weight excluding hydrogens is 393 g/mol. The van der Waals surface area contributed by atoms with Crippen LogP contribution in [-0.4, -0.2) is 42.5 Å². The fourth-order valence-corrected chi connectivity index (χ4v) is 4.15. The highest BCUT2D eigenvalue weighted by atomic mass is 19.1. The van der Waals surface area contributed by atoms with Gasteiger partial charge in [-0.15, -0.1) is 0 Å². The van der Waals surface area contributed by atoms with Crippen molar-refractivity contribution in [2.75, 3.05) is 18.8 Å². The van der Waals surface area contributed by atoms with Crippen LogP contribution in [0.5, 0.6) is 0 Å². The van der Waals surface area contributed by atoms with E-state index in [2.05, 4.69) is 29.4 Å². The topological polar surface area (TPSA) is 85.8 Å². The Balaban J connectivity index is 1.49. The van der Waals surface area contributed by atoms with Crippen molar-refractivity contribution < 1.29 is 4.39 Å². The Hall–Kier alpha value is -3.65. The van der Waals surface area contributed by atoms with Crippen LogP contribution in [0.15, 0.2) is 67.4 Å². The van der Waals surface area contributed by atoms with Gasteiger partial charge in [0, 0.05) is 49.8 Å². The standard InChI is InChI=1S/C23H22FN7/c24-18-3-1-17(2-4-18)21-22(20-7-11-27-23(25)29-20)31(15-28-21)19-8-12-30(14-19)13-16-5-9-26-10-6-16/h1-7,9-11,15,19H,8,12-14H2,(H2,25,27,29). The number of aromatic nitrogens is 5. The molecule has 0 amide bonds. The fourth-order valence-electron chi connectivity index (χ4n) is 4.15. The first-order valence-electron chi connectivity index (χ1n) is 10.2. The molecule has 1 fully saturated rings. The van der Waals surface area contributed by atoms with E-state index < -0.39 is 0 Å². The Morgan fingerprint density at radius 2 is 1.81 bits per heavy atom. The highest BCUT2D eigenvalue weighted by Crippen LogP contribution is 2.35. The lowest BCUT2D eigenvalue weighted by Gasteiger charge is -2.19. The average molecular weight is 415 g/mol. The van der Waals surface area contributed by atoms with Gasteiger partial charge < -0.3 is 10.3 Å². The molecule has 156 valence electrons. The zero-order valence-electron chi connectivity index (χ0n) is 16.9. The van der Waals surface area contributed by atoms with Gasteiger partial charge in [0.2, 0.25) is 5.95 Å². The maximum absolute atomic E-state index is 13.5. The maximum Gasteiger partial charge on any atom is 0.220 e. The lowest BCUT2D eigenvalue weighted by atomic mass is 10.1. The quantitative estimate of drug-likeness (QED) is 0.536. The summed E-state index contributed by atoms with van der Waals surface area (Å²) in [6, 6.07) is 12.5. The van der Waals surface area contributed by atoms with E-state index in [4.69, 9.17) is 5.73 Å². The van der Waals surface area contributed by atoms with E-state index in [1.165, 1.54) is 17.7 Å². The molecule has 3 aromatic heterocycles. The largest absolute Gasteiger partial charge is 0.368 e. The van der Waals surface area contributed by atoms with Crippen LogP contribution in [0.1, 0.15) is 18.0 Å². The highest BCUT2D eigenvalue weighted by molar-refractivity contribution is 5.77. The number of nitrogens with two attached hydrogens (primary N) is 1. The molecule has 0 saturated carbocycles. The number of halogens is 1. The van der Waals surface area contributed by atoms with Gasteiger partial charge in [-0.1, -0.05) is 0 Å². The summed E-state index contributed by atoms with van der Waals surface area (Å²) in [6.07, 6.45) is 8.15. The first-order valence-corrected chi connectivity index (χ1v) is 10.2. The Morgan fingerprint density at radius 3 is 2.58 bits per heavy atom. The number of hydrogen-bond donors (Lipinski definition) is 1. The summed E-state index contributed by atoms with van der Waals surface area (Å²) >= 11 is 0. The van der Waals surface area contributed by atoms with Crippen molar-refractivity contribution in [3.63, 3.8) is 0 Å². The number of imidazole rings is 1. The molecule has 5 rings (SSSR count). The molecule has 1 aliphatic rings. The normalized spacial score (nSPS) is 16.6. The van der Waals surface area contributed by atoms with E-state index in [9.17, 15) is 4.39 Å². The van der Waals surface area contributed by atoms with Crippen LogP contribution in [0.25, 0.3) is 22.6 Å². The number of pyridine rings is 1. The number of nitrogens with zero attached hydrogens (tertiary/aromatic N) is 6. The van der Waals surface area contributed by atoms with E-state index in [0.29, 0.717) is 5.69 Å². The van der Waals surface area contributed by atoms with Crippen molar-refractivity contribution in [1.82, 2.24) is 29.4 Å². The minimum Gasteiger partial charge on any atom is -0.368 e. The van der Waals surface area contributed by atoms with Gasteiger partial charge in [-0.05, 0) is 54.4 Å². The fraction of sp³-hybridized carbons (Fsp3) is 0.217. The lowest BCUT2D eigenvalue weighted by Crippen LogP contribution is -2.21. The molecule has 1 aliphatic heterocycles.